The van der Waals surface area contributed by atoms with Gasteiger partial charge in [0.2, 0.25) is 0 Å². The van der Waals surface area contributed by atoms with E-state index in [0.29, 0.717) is 11.5 Å². The topological polar surface area (TPSA) is 61.2 Å². The van der Waals surface area contributed by atoms with Crippen LogP contribution in [0.25, 0.3) is 0 Å². The molecule has 1 aromatic heterocycles. The number of aromatic nitrogens is 2. The Labute approximate surface area is 124 Å². The number of esters is 1. The van der Waals surface area contributed by atoms with Crippen LogP contribution in [-0.4, -0.2) is 32.8 Å². The van der Waals surface area contributed by atoms with Gasteiger partial charge in [0.1, 0.15) is 0 Å². The summed E-state index contributed by atoms with van der Waals surface area (Å²) in [6.07, 6.45) is 0. The van der Waals surface area contributed by atoms with Crippen molar-refractivity contribution in [3.05, 3.63) is 15.9 Å². The largest absolute Gasteiger partial charge is 0.469 e. The van der Waals surface area contributed by atoms with E-state index in [1.54, 1.807) is 6.92 Å². The molecule has 1 rings (SSSR count). The number of hydrogen-bond donors (Lipinski definition) is 0. The number of methoxy groups -OCH3 is 1. The maximum Gasteiger partial charge on any atom is 0.309 e. The van der Waals surface area contributed by atoms with Crippen LogP contribution in [0.1, 0.15) is 25.2 Å². The first kappa shape index (κ1) is 16.4. The van der Waals surface area contributed by atoms with Gasteiger partial charge in [0.25, 0.3) is 0 Å². The summed E-state index contributed by atoms with van der Waals surface area (Å²) in [4.78, 5) is 11.3. The number of halogens is 1. The van der Waals surface area contributed by atoms with Crippen LogP contribution in [0.5, 0.6) is 0 Å². The summed E-state index contributed by atoms with van der Waals surface area (Å²) in [6, 6.07) is 0. The van der Waals surface area contributed by atoms with E-state index in [9.17, 15) is 9.00 Å². The molecule has 0 saturated carbocycles. The van der Waals surface area contributed by atoms with Crippen LogP contribution in [0, 0.1) is 12.8 Å². The lowest BCUT2D eigenvalue weighted by molar-refractivity contribution is -0.144. The Morgan fingerprint density at radius 3 is 2.74 bits per heavy atom. The van der Waals surface area contributed by atoms with Crippen molar-refractivity contribution >= 4 is 32.7 Å². The Kier molecular flexibility index (Phi) is 6.19. The highest BCUT2D eigenvalue weighted by Gasteiger charge is 2.20. The highest BCUT2D eigenvalue weighted by molar-refractivity contribution is 9.10. The summed E-state index contributed by atoms with van der Waals surface area (Å²) in [5.74, 6) is 0.000197. The number of hydrogen-bond acceptors (Lipinski definition) is 4. The average Bonchev–Trinajstić information content (AvgIpc) is 2.65. The maximum atomic E-state index is 12.1. The molecule has 2 unspecified atom stereocenters. The van der Waals surface area contributed by atoms with E-state index in [-0.39, 0.29) is 11.9 Å². The Bertz CT molecular complexity index is 488. The van der Waals surface area contributed by atoms with Crippen molar-refractivity contribution in [1.29, 1.82) is 0 Å². The summed E-state index contributed by atoms with van der Waals surface area (Å²) in [7, 11) is 0.217. The first-order chi connectivity index (χ1) is 8.90. The monoisotopic (exact) mass is 350 g/mol. The minimum atomic E-state index is -1.12. The van der Waals surface area contributed by atoms with Gasteiger partial charge in [-0.3, -0.25) is 13.7 Å². The Morgan fingerprint density at radius 2 is 2.21 bits per heavy atom. The molecule has 19 heavy (non-hydrogen) atoms. The molecular weight excluding hydrogens is 332 g/mol. The van der Waals surface area contributed by atoms with Crippen LogP contribution in [0.4, 0.5) is 0 Å². The van der Waals surface area contributed by atoms with Crippen LogP contribution < -0.4 is 0 Å². The van der Waals surface area contributed by atoms with E-state index >= 15 is 0 Å². The van der Waals surface area contributed by atoms with E-state index in [1.165, 1.54) is 7.11 Å². The third-order valence-corrected chi connectivity index (χ3v) is 5.29. The third kappa shape index (κ3) is 4.14. The van der Waals surface area contributed by atoms with Crippen molar-refractivity contribution < 1.29 is 13.7 Å². The predicted octanol–water partition coefficient (Wildman–Crippen LogP) is 2.03. The first-order valence-electron chi connectivity index (χ1n) is 6.05. The van der Waals surface area contributed by atoms with Gasteiger partial charge in [-0.05, 0) is 29.8 Å². The van der Waals surface area contributed by atoms with Gasteiger partial charge in [-0.25, -0.2) is 0 Å². The molecule has 0 aliphatic carbocycles. The molecule has 0 fully saturated rings. The van der Waals surface area contributed by atoms with Crippen LogP contribution in [0.2, 0.25) is 0 Å². The van der Waals surface area contributed by atoms with Gasteiger partial charge in [-0.15, -0.1) is 0 Å². The molecule has 0 aliphatic rings. The minimum absolute atomic E-state index is 0.299. The highest BCUT2D eigenvalue weighted by Crippen LogP contribution is 2.22. The van der Waals surface area contributed by atoms with Gasteiger partial charge >= 0.3 is 5.97 Å². The SMILES string of the molecule is CCn1nc(C)c(Br)c1CS(=O)CC(C)C(=O)OC. The standard InChI is InChI=1S/C12H19BrN2O3S/c1-5-15-10(11(13)9(3)14-15)7-19(17)6-8(2)12(16)18-4/h8H,5-7H2,1-4H3. The van der Waals surface area contributed by atoms with Crippen molar-refractivity contribution in [3.8, 4) is 0 Å². The molecule has 2 atom stereocenters. The number of carbonyl (C=O) groups excluding carboxylic acids is 1. The second-order valence-electron chi connectivity index (χ2n) is 4.34. The normalized spacial score (nSPS) is 14.2. The van der Waals surface area contributed by atoms with E-state index in [0.717, 1.165) is 22.4 Å². The Hall–Kier alpha value is -0.690. The molecule has 0 aliphatic heterocycles. The van der Waals surface area contributed by atoms with Gasteiger partial charge < -0.3 is 4.74 Å². The zero-order chi connectivity index (χ0) is 14.6. The molecule has 1 heterocycles. The van der Waals surface area contributed by atoms with Crippen molar-refractivity contribution in [1.82, 2.24) is 9.78 Å². The number of rotatable bonds is 6. The number of ether oxygens (including phenoxy) is 1. The fourth-order valence-corrected chi connectivity index (χ4v) is 3.79. The summed E-state index contributed by atoms with van der Waals surface area (Å²) < 4.78 is 19.5. The lowest BCUT2D eigenvalue weighted by atomic mass is 10.2. The van der Waals surface area contributed by atoms with Crippen molar-refractivity contribution in [3.63, 3.8) is 0 Å². The summed E-state index contributed by atoms with van der Waals surface area (Å²) >= 11 is 3.47. The summed E-state index contributed by atoms with van der Waals surface area (Å²) in [6.45, 7) is 6.34. The van der Waals surface area contributed by atoms with Gasteiger partial charge in [0, 0.05) is 23.1 Å². The molecule has 0 N–H and O–H groups in total. The third-order valence-electron chi connectivity index (χ3n) is 2.79. The summed E-state index contributed by atoms with van der Waals surface area (Å²) in [5.41, 5.74) is 1.80. The highest BCUT2D eigenvalue weighted by atomic mass is 79.9. The molecule has 0 saturated heterocycles. The zero-order valence-electron chi connectivity index (χ0n) is 11.6. The van der Waals surface area contributed by atoms with Crippen molar-refractivity contribution in [2.24, 2.45) is 5.92 Å². The van der Waals surface area contributed by atoms with E-state index in [2.05, 4.69) is 25.8 Å². The number of nitrogens with zero attached hydrogens (tertiary/aromatic N) is 2. The molecule has 7 heteroatoms. The van der Waals surface area contributed by atoms with Gasteiger partial charge in [0.15, 0.2) is 0 Å². The van der Waals surface area contributed by atoms with Crippen LogP contribution in [-0.2, 0) is 32.6 Å². The zero-order valence-corrected chi connectivity index (χ0v) is 14.0. The average molecular weight is 351 g/mol. The van der Waals surface area contributed by atoms with Crippen LogP contribution in [0.3, 0.4) is 0 Å². The fourth-order valence-electron chi connectivity index (χ4n) is 1.77. The molecule has 0 aromatic carbocycles. The Morgan fingerprint density at radius 1 is 1.58 bits per heavy atom. The number of aryl methyl sites for hydroxylation is 2. The molecule has 5 nitrogen and oxygen atoms in total. The molecule has 108 valence electrons. The molecule has 0 spiro atoms. The van der Waals surface area contributed by atoms with Crippen LogP contribution in [0.15, 0.2) is 4.47 Å². The van der Waals surface area contributed by atoms with Crippen molar-refractivity contribution in [2.45, 2.75) is 33.1 Å². The van der Waals surface area contributed by atoms with Crippen LogP contribution >= 0.6 is 15.9 Å². The second kappa shape index (κ2) is 7.19. The van der Waals surface area contributed by atoms with E-state index in [4.69, 9.17) is 0 Å². The molecule has 1 aromatic rings. The second-order valence-corrected chi connectivity index (χ2v) is 6.63. The lowest BCUT2D eigenvalue weighted by Gasteiger charge is -2.10. The first-order valence-corrected chi connectivity index (χ1v) is 8.33. The molecular formula is C12H19BrN2O3S. The molecule has 0 radical (unpaired) electrons. The smallest absolute Gasteiger partial charge is 0.309 e. The maximum absolute atomic E-state index is 12.1. The Balaban J connectivity index is 2.75. The van der Waals surface area contributed by atoms with Crippen molar-refractivity contribution in [2.75, 3.05) is 12.9 Å². The fraction of sp³-hybridized carbons (Fsp3) is 0.667. The molecule has 0 amide bonds. The van der Waals surface area contributed by atoms with E-state index < -0.39 is 10.8 Å². The van der Waals surface area contributed by atoms with Gasteiger partial charge in [-0.1, -0.05) is 6.92 Å². The number of carbonyl (C=O) groups is 1. The van der Waals surface area contributed by atoms with Gasteiger partial charge in [-0.2, -0.15) is 5.10 Å². The van der Waals surface area contributed by atoms with E-state index in [1.807, 2.05) is 18.5 Å². The van der Waals surface area contributed by atoms with Gasteiger partial charge in [0.05, 0.1) is 34.6 Å². The summed E-state index contributed by atoms with van der Waals surface area (Å²) in [5, 5.41) is 4.36. The predicted molar refractivity (Wildman–Crippen MR) is 78.2 cm³/mol. The lowest BCUT2D eigenvalue weighted by Crippen LogP contribution is -2.20. The minimum Gasteiger partial charge on any atom is -0.469 e. The quantitative estimate of drug-likeness (QED) is 0.736. The molecule has 0 bridgehead atoms.